The number of rotatable bonds is 8. The van der Waals surface area contributed by atoms with E-state index in [1.807, 2.05) is 37.4 Å². The molecule has 150 valence electrons. The lowest BCUT2D eigenvalue weighted by atomic mass is 10.2. The number of carbonyl (C=O) groups is 2. The second-order valence-corrected chi connectivity index (χ2v) is 9.73. The maximum atomic E-state index is 12.6. The summed E-state index contributed by atoms with van der Waals surface area (Å²) in [5.74, 6) is -0.186. The molecule has 1 fully saturated rings. The molecule has 7 nitrogen and oxygen atoms in total. The van der Waals surface area contributed by atoms with Crippen LogP contribution in [-0.4, -0.2) is 80.5 Å². The van der Waals surface area contributed by atoms with Crippen LogP contribution in [0.2, 0.25) is 0 Å². The van der Waals surface area contributed by atoms with Crippen LogP contribution in [-0.2, 0) is 19.4 Å². The third kappa shape index (κ3) is 6.22. The van der Waals surface area contributed by atoms with Crippen molar-refractivity contribution in [3.05, 3.63) is 24.3 Å². The number of hydrogen-bond donors (Lipinski definition) is 1. The molecule has 1 aromatic carbocycles. The lowest BCUT2D eigenvalue weighted by molar-refractivity contribution is -0.134. The maximum absolute atomic E-state index is 12.6. The summed E-state index contributed by atoms with van der Waals surface area (Å²) in [4.78, 5) is 29.1. The molecule has 1 saturated heterocycles. The zero-order valence-corrected chi connectivity index (χ0v) is 17.6. The van der Waals surface area contributed by atoms with Crippen LogP contribution in [0.15, 0.2) is 29.2 Å². The second-order valence-electron chi connectivity index (χ2n) is 6.66. The van der Waals surface area contributed by atoms with E-state index in [0.29, 0.717) is 13.0 Å². The van der Waals surface area contributed by atoms with Gasteiger partial charge in [0.2, 0.25) is 11.8 Å². The van der Waals surface area contributed by atoms with Crippen molar-refractivity contribution in [2.75, 3.05) is 49.8 Å². The smallest absolute Gasteiger partial charge is 0.238 e. The van der Waals surface area contributed by atoms with Gasteiger partial charge in [0, 0.05) is 17.5 Å². The van der Waals surface area contributed by atoms with E-state index in [2.05, 4.69) is 5.32 Å². The summed E-state index contributed by atoms with van der Waals surface area (Å²) in [6.45, 7) is 2.45. The minimum absolute atomic E-state index is 0.0300. The first-order valence-corrected chi connectivity index (χ1v) is 11.9. The Labute approximate surface area is 165 Å². The Balaban J connectivity index is 1.89. The summed E-state index contributed by atoms with van der Waals surface area (Å²) in [6, 6.07) is 7.28. The van der Waals surface area contributed by atoms with E-state index in [1.54, 1.807) is 28.6 Å². The lowest BCUT2D eigenvalue weighted by Crippen LogP contribution is -2.46. The van der Waals surface area contributed by atoms with Crippen LogP contribution < -0.4 is 5.32 Å². The molecule has 2 rings (SSSR count). The SMILES string of the molecule is CCN(C(=O)CN(C)CC(=O)Nc1ccccc1SC)[C@H]1CCS(=O)(=O)C1. The van der Waals surface area contributed by atoms with Crippen LogP contribution in [0.4, 0.5) is 5.69 Å². The molecule has 9 heteroatoms. The van der Waals surface area contributed by atoms with E-state index >= 15 is 0 Å². The number of likely N-dealkylation sites (N-methyl/N-ethyl adjacent to an activating group) is 2. The monoisotopic (exact) mass is 413 g/mol. The van der Waals surface area contributed by atoms with E-state index in [-0.39, 0.29) is 42.5 Å². The summed E-state index contributed by atoms with van der Waals surface area (Å²) in [6.07, 6.45) is 2.43. The third-order valence-electron chi connectivity index (χ3n) is 4.51. The number of anilines is 1. The molecule has 0 unspecified atom stereocenters. The zero-order chi connectivity index (χ0) is 20.0. The second kappa shape index (κ2) is 9.57. The normalized spacial score (nSPS) is 18.4. The van der Waals surface area contributed by atoms with Gasteiger partial charge in [-0.1, -0.05) is 12.1 Å². The van der Waals surface area contributed by atoms with Gasteiger partial charge in [0.15, 0.2) is 9.84 Å². The Morgan fingerprint density at radius 2 is 1.96 bits per heavy atom. The Hall–Kier alpha value is -1.58. The number of sulfone groups is 1. The molecule has 1 aromatic rings. The van der Waals surface area contributed by atoms with Crippen molar-refractivity contribution in [2.24, 2.45) is 0 Å². The van der Waals surface area contributed by atoms with Gasteiger partial charge >= 0.3 is 0 Å². The Bertz CT molecular complexity index is 783. The molecule has 0 saturated carbocycles. The van der Waals surface area contributed by atoms with Gasteiger partial charge in [-0.25, -0.2) is 8.42 Å². The van der Waals surface area contributed by atoms with E-state index in [1.165, 1.54) is 0 Å². The fourth-order valence-electron chi connectivity index (χ4n) is 3.22. The summed E-state index contributed by atoms with van der Waals surface area (Å²) < 4.78 is 23.3. The van der Waals surface area contributed by atoms with Crippen LogP contribution in [0.3, 0.4) is 0 Å². The highest BCUT2D eigenvalue weighted by Gasteiger charge is 2.34. The minimum atomic E-state index is -3.05. The van der Waals surface area contributed by atoms with E-state index in [4.69, 9.17) is 0 Å². The Morgan fingerprint density at radius 3 is 2.56 bits per heavy atom. The van der Waals surface area contributed by atoms with Gasteiger partial charge in [-0.2, -0.15) is 0 Å². The van der Waals surface area contributed by atoms with E-state index < -0.39 is 9.84 Å². The molecule has 1 heterocycles. The van der Waals surface area contributed by atoms with Crippen LogP contribution in [0.25, 0.3) is 0 Å². The number of para-hydroxylation sites is 1. The van der Waals surface area contributed by atoms with Crippen molar-refractivity contribution in [2.45, 2.75) is 24.3 Å². The Kier molecular flexibility index (Phi) is 7.69. The molecule has 1 aliphatic heterocycles. The molecule has 0 bridgehead atoms. The third-order valence-corrected chi connectivity index (χ3v) is 7.06. The molecule has 0 spiro atoms. The van der Waals surface area contributed by atoms with Gasteiger partial charge in [-0.3, -0.25) is 14.5 Å². The van der Waals surface area contributed by atoms with Crippen molar-refractivity contribution in [3.8, 4) is 0 Å². The minimum Gasteiger partial charge on any atom is -0.338 e. The van der Waals surface area contributed by atoms with Crippen LogP contribution >= 0.6 is 11.8 Å². The highest BCUT2D eigenvalue weighted by atomic mass is 32.2. The quantitative estimate of drug-likeness (QED) is 0.647. The predicted octanol–water partition coefficient (Wildman–Crippen LogP) is 1.31. The van der Waals surface area contributed by atoms with E-state index in [9.17, 15) is 18.0 Å². The summed E-state index contributed by atoms with van der Waals surface area (Å²) in [7, 11) is -1.34. The molecular weight excluding hydrogens is 386 g/mol. The zero-order valence-electron chi connectivity index (χ0n) is 16.0. The van der Waals surface area contributed by atoms with Crippen molar-refractivity contribution in [1.29, 1.82) is 0 Å². The number of carbonyl (C=O) groups excluding carboxylic acids is 2. The highest BCUT2D eigenvalue weighted by molar-refractivity contribution is 7.98. The van der Waals surface area contributed by atoms with Crippen LogP contribution in [0.5, 0.6) is 0 Å². The van der Waals surface area contributed by atoms with Crippen LogP contribution in [0, 0.1) is 0 Å². The van der Waals surface area contributed by atoms with Gasteiger partial charge in [-0.15, -0.1) is 11.8 Å². The average molecular weight is 414 g/mol. The lowest BCUT2D eigenvalue weighted by Gasteiger charge is -2.28. The molecule has 0 aliphatic carbocycles. The fraction of sp³-hybridized carbons (Fsp3) is 0.556. The topological polar surface area (TPSA) is 86.8 Å². The number of benzene rings is 1. The largest absolute Gasteiger partial charge is 0.338 e. The molecule has 0 radical (unpaired) electrons. The van der Waals surface area contributed by atoms with Gasteiger partial charge in [0.05, 0.1) is 30.3 Å². The van der Waals surface area contributed by atoms with Gasteiger partial charge in [-0.05, 0) is 38.8 Å². The first kappa shape index (κ1) is 21.7. The van der Waals surface area contributed by atoms with E-state index in [0.717, 1.165) is 10.6 Å². The number of nitrogens with zero attached hydrogens (tertiary/aromatic N) is 2. The predicted molar refractivity (Wildman–Crippen MR) is 109 cm³/mol. The first-order chi connectivity index (χ1) is 12.8. The Morgan fingerprint density at radius 1 is 1.26 bits per heavy atom. The highest BCUT2D eigenvalue weighted by Crippen LogP contribution is 2.24. The summed E-state index contributed by atoms with van der Waals surface area (Å²) in [5.41, 5.74) is 0.751. The summed E-state index contributed by atoms with van der Waals surface area (Å²) >= 11 is 1.55. The number of nitrogens with one attached hydrogen (secondary N) is 1. The molecular formula is C18H27N3O4S2. The summed E-state index contributed by atoms with van der Waals surface area (Å²) in [5, 5.41) is 2.87. The molecule has 2 amide bonds. The molecule has 1 N–H and O–H groups in total. The van der Waals surface area contributed by atoms with Gasteiger partial charge < -0.3 is 10.2 Å². The maximum Gasteiger partial charge on any atom is 0.238 e. The van der Waals surface area contributed by atoms with Crippen molar-refractivity contribution in [1.82, 2.24) is 9.80 Å². The first-order valence-electron chi connectivity index (χ1n) is 8.87. The number of amides is 2. The molecule has 1 atom stereocenters. The van der Waals surface area contributed by atoms with Crippen molar-refractivity contribution < 1.29 is 18.0 Å². The number of thioether (sulfide) groups is 1. The average Bonchev–Trinajstić information content (AvgIpc) is 2.95. The van der Waals surface area contributed by atoms with Gasteiger partial charge in [0.1, 0.15) is 0 Å². The molecule has 27 heavy (non-hydrogen) atoms. The van der Waals surface area contributed by atoms with Crippen molar-refractivity contribution >= 4 is 39.1 Å². The molecule has 1 aliphatic rings. The van der Waals surface area contributed by atoms with Gasteiger partial charge in [0.25, 0.3) is 0 Å². The fourth-order valence-corrected chi connectivity index (χ4v) is 5.50. The van der Waals surface area contributed by atoms with Crippen molar-refractivity contribution in [3.63, 3.8) is 0 Å². The standard InChI is InChI=1S/C18H27N3O4S2/c1-4-21(14-9-10-27(24,25)13-14)18(23)12-20(2)11-17(22)19-15-7-5-6-8-16(15)26-3/h5-8,14H,4,9-13H2,1-3H3,(H,19,22)/t14-/m0/s1. The van der Waals surface area contributed by atoms with Crippen LogP contribution in [0.1, 0.15) is 13.3 Å². The number of hydrogen-bond acceptors (Lipinski definition) is 6. The molecule has 0 aromatic heterocycles.